The van der Waals surface area contributed by atoms with Crippen molar-refractivity contribution in [3.05, 3.63) is 89.1 Å². The average Bonchev–Trinajstić information content (AvgIpc) is 3.46. The van der Waals surface area contributed by atoms with E-state index in [0.717, 1.165) is 29.5 Å². The minimum Gasteiger partial charge on any atom is -0.477 e. The standard InChI is InChI=1S/C25H13F4NO3S/c26-16-5-1-13(2-6-16)17-7-3-15(11-18(17)25(27,28)29)23-30-19-12-14(4-8-20(19)33-23)21-9-10-22(34-21)24(31)32/h1-12H,(H,31,32). The SMILES string of the molecule is O=C(O)c1ccc(-c2ccc3oc(-c4ccc(-c5ccc(F)cc5)c(C(F)(F)F)c4)nc3c2)s1. The van der Waals surface area contributed by atoms with E-state index < -0.39 is 23.5 Å². The van der Waals surface area contributed by atoms with E-state index in [-0.39, 0.29) is 27.5 Å². The fraction of sp³-hybridized carbons (Fsp3) is 0.0400. The minimum absolute atomic E-state index is 0.0145. The van der Waals surface area contributed by atoms with Crippen LogP contribution in [0.3, 0.4) is 0 Å². The first-order chi connectivity index (χ1) is 16.2. The second-order valence-electron chi connectivity index (χ2n) is 7.44. The van der Waals surface area contributed by atoms with Crippen molar-refractivity contribution >= 4 is 28.4 Å². The maximum atomic E-state index is 13.8. The Morgan fingerprint density at radius 3 is 2.26 bits per heavy atom. The summed E-state index contributed by atoms with van der Waals surface area (Å²) in [6, 6.07) is 16.8. The number of hydrogen-bond donors (Lipinski definition) is 1. The molecule has 2 heterocycles. The molecule has 0 aliphatic carbocycles. The van der Waals surface area contributed by atoms with Crippen LogP contribution in [0.5, 0.6) is 0 Å². The van der Waals surface area contributed by atoms with Crippen LogP contribution < -0.4 is 0 Å². The maximum absolute atomic E-state index is 13.8. The Morgan fingerprint density at radius 1 is 0.882 bits per heavy atom. The summed E-state index contributed by atoms with van der Waals surface area (Å²) in [5.41, 5.74) is 0.923. The maximum Gasteiger partial charge on any atom is 0.417 e. The fourth-order valence-corrected chi connectivity index (χ4v) is 4.45. The van der Waals surface area contributed by atoms with Gasteiger partial charge in [0.2, 0.25) is 5.89 Å². The second-order valence-corrected chi connectivity index (χ2v) is 8.52. The number of carboxylic acid groups (broad SMARTS) is 1. The van der Waals surface area contributed by atoms with Gasteiger partial charge in [0.1, 0.15) is 16.2 Å². The van der Waals surface area contributed by atoms with Gasteiger partial charge in [-0.3, -0.25) is 0 Å². The van der Waals surface area contributed by atoms with Gasteiger partial charge in [-0.25, -0.2) is 14.2 Å². The van der Waals surface area contributed by atoms with Crippen LogP contribution in [0.1, 0.15) is 15.2 Å². The van der Waals surface area contributed by atoms with Crippen molar-refractivity contribution in [2.24, 2.45) is 0 Å². The van der Waals surface area contributed by atoms with Gasteiger partial charge in [0.05, 0.1) is 5.56 Å². The molecular weight excluding hydrogens is 470 g/mol. The van der Waals surface area contributed by atoms with Crippen molar-refractivity contribution in [1.29, 1.82) is 0 Å². The number of hydrogen-bond acceptors (Lipinski definition) is 4. The lowest BCUT2D eigenvalue weighted by Gasteiger charge is -2.14. The van der Waals surface area contributed by atoms with Gasteiger partial charge in [0.15, 0.2) is 5.58 Å². The first kappa shape index (κ1) is 21.8. The molecule has 0 radical (unpaired) electrons. The molecule has 2 aromatic heterocycles. The Kier molecular flexibility index (Phi) is 5.21. The zero-order valence-electron chi connectivity index (χ0n) is 17.1. The molecule has 0 saturated carbocycles. The van der Waals surface area contributed by atoms with Crippen LogP contribution in [0.15, 0.2) is 77.2 Å². The van der Waals surface area contributed by atoms with Crippen LogP contribution in [0.4, 0.5) is 17.6 Å². The molecule has 0 saturated heterocycles. The smallest absolute Gasteiger partial charge is 0.417 e. The molecule has 5 rings (SSSR count). The van der Waals surface area contributed by atoms with Crippen LogP contribution in [-0.2, 0) is 6.18 Å². The van der Waals surface area contributed by atoms with Crippen LogP contribution in [0, 0.1) is 5.82 Å². The van der Waals surface area contributed by atoms with Gasteiger partial charge in [-0.1, -0.05) is 18.2 Å². The predicted molar refractivity (Wildman–Crippen MR) is 120 cm³/mol. The number of alkyl halides is 3. The lowest BCUT2D eigenvalue weighted by Crippen LogP contribution is -2.07. The van der Waals surface area contributed by atoms with Gasteiger partial charge in [0, 0.05) is 10.4 Å². The molecule has 5 aromatic rings. The molecule has 0 atom stereocenters. The van der Waals surface area contributed by atoms with Crippen molar-refractivity contribution in [3.8, 4) is 33.0 Å². The number of oxazole rings is 1. The summed E-state index contributed by atoms with van der Waals surface area (Å²) in [4.78, 5) is 16.4. The van der Waals surface area contributed by atoms with Crippen molar-refractivity contribution < 1.29 is 31.9 Å². The zero-order chi connectivity index (χ0) is 24.0. The Bertz CT molecular complexity index is 1530. The van der Waals surface area contributed by atoms with E-state index in [4.69, 9.17) is 9.52 Å². The molecule has 0 unspecified atom stereocenters. The van der Waals surface area contributed by atoms with E-state index in [1.165, 1.54) is 30.3 Å². The lowest BCUT2D eigenvalue weighted by molar-refractivity contribution is -0.137. The van der Waals surface area contributed by atoms with E-state index in [9.17, 15) is 22.4 Å². The Labute approximate surface area is 193 Å². The fourth-order valence-electron chi connectivity index (χ4n) is 3.61. The van der Waals surface area contributed by atoms with E-state index >= 15 is 0 Å². The molecule has 0 spiro atoms. The molecule has 170 valence electrons. The number of nitrogens with zero attached hydrogens (tertiary/aromatic N) is 1. The number of halogens is 4. The summed E-state index contributed by atoms with van der Waals surface area (Å²) in [6.07, 6.45) is -4.65. The number of carboxylic acids is 1. The van der Waals surface area contributed by atoms with Crippen LogP contribution in [0.2, 0.25) is 0 Å². The van der Waals surface area contributed by atoms with E-state index in [0.29, 0.717) is 21.5 Å². The van der Waals surface area contributed by atoms with Crippen molar-refractivity contribution in [3.63, 3.8) is 0 Å². The summed E-state index contributed by atoms with van der Waals surface area (Å²) in [6.45, 7) is 0. The van der Waals surface area contributed by atoms with Gasteiger partial charge in [-0.15, -0.1) is 11.3 Å². The highest BCUT2D eigenvalue weighted by atomic mass is 32.1. The third kappa shape index (κ3) is 4.06. The molecule has 0 aliphatic rings. The molecule has 4 nitrogen and oxygen atoms in total. The normalized spacial score (nSPS) is 11.8. The van der Waals surface area contributed by atoms with Gasteiger partial charge >= 0.3 is 12.1 Å². The molecule has 0 fully saturated rings. The molecule has 34 heavy (non-hydrogen) atoms. The predicted octanol–water partition coefficient (Wildman–Crippen LogP) is 7.75. The van der Waals surface area contributed by atoms with Gasteiger partial charge in [0.25, 0.3) is 0 Å². The molecular formula is C25H13F4NO3S. The molecule has 0 amide bonds. The van der Waals surface area contributed by atoms with Gasteiger partial charge in [-0.2, -0.15) is 13.2 Å². The number of thiophene rings is 1. The quantitative estimate of drug-likeness (QED) is 0.266. The molecule has 9 heteroatoms. The number of rotatable bonds is 4. The average molecular weight is 483 g/mol. The summed E-state index contributed by atoms with van der Waals surface area (Å²) in [7, 11) is 0. The highest BCUT2D eigenvalue weighted by Gasteiger charge is 2.34. The van der Waals surface area contributed by atoms with E-state index in [1.807, 2.05) is 0 Å². The Balaban J connectivity index is 1.56. The third-order valence-electron chi connectivity index (χ3n) is 5.22. The second kappa shape index (κ2) is 8.11. The Hall–Kier alpha value is -3.98. The third-order valence-corrected chi connectivity index (χ3v) is 6.34. The van der Waals surface area contributed by atoms with Crippen LogP contribution >= 0.6 is 11.3 Å². The first-order valence-corrected chi connectivity index (χ1v) is 10.7. The van der Waals surface area contributed by atoms with E-state index in [2.05, 4.69) is 4.98 Å². The number of aromatic carboxylic acids is 1. The van der Waals surface area contributed by atoms with Crippen molar-refractivity contribution in [1.82, 2.24) is 4.98 Å². The topological polar surface area (TPSA) is 63.3 Å². The number of fused-ring (bicyclic) bond motifs is 1. The highest BCUT2D eigenvalue weighted by molar-refractivity contribution is 7.17. The Morgan fingerprint density at radius 2 is 1.59 bits per heavy atom. The summed E-state index contributed by atoms with van der Waals surface area (Å²) < 4.78 is 60.5. The number of carbonyl (C=O) groups is 1. The number of aromatic nitrogens is 1. The highest BCUT2D eigenvalue weighted by Crippen LogP contribution is 2.40. The molecule has 0 aliphatic heterocycles. The number of benzene rings is 3. The summed E-state index contributed by atoms with van der Waals surface area (Å²) in [5, 5.41) is 9.12. The molecule has 1 N–H and O–H groups in total. The lowest BCUT2D eigenvalue weighted by atomic mass is 9.97. The van der Waals surface area contributed by atoms with Crippen molar-refractivity contribution in [2.45, 2.75) is 6.18 Å². The van der Waals surface area contributed by atoms with Crippen molar-refractivity contribution in [2.75, 3.05) is 0 Å². The monoisotopic (exact) mass is 483 g/mol. The summed E-state index contributed by atoms with van der Waals surface area (Å²) in [5.74, 6) is -1.55. The van der Waals surface area contributed by atoms with Crippen LogP contribution in [-0.4, -0.2) is 16.1 Å². The van der Waals surface area contributed by atoms with Gasteiger partial charge < -0.3 is 9.52 Å². The summed E-state index contributed by atoms with van der Waals surface area (Å²) >= 11 is 1.10. The molecule has 0 bridgehead atoms. The van der Waals surface area contributed by atoms with Crippen LogP contribution in [0.25, 0.3) is 44.1 Å². The minimum atomic E-state index is -4.65. The largest absolute Gasteiger partial charge is 0.477 e. The molecule has 3 aromatic carbocycles. The zero-order valence-corrected chi connectivity index (χ0v) is 17.9. The first-order valence-electron chi connectivity index (χ1n) is 9.91. The van der Waals surface area contributed by atoms with E-state index in [1.54, 1.807) is 24.3 Å². The van der Waals surface area contributed by atoms with Gasteiger partial charge in [-0.05, 0) is 71.3 Å².